The van der Waals surface area contributed by atoms with Crippen LogP contribution in [-0.4, -0.2) is 6.54 Å². The zero-order valence-electron chi connectivity index (χ0n) is 7.60. The predicted octanol–water partition coefficient (Wildman–Crippen LogP) is 3.29. The minimum Gasteiger partial charge on any atom is -0.385 e. The third kappa shape index (κ3) is 1.05. The van der Waals surface area contributed by atoms with Gasteiger partial charge in [0, 0.05) is 16.7 Å². The molecule has 0 saturated heterocycles. The molecule has 0 bridgehead atoms. The molecular weight excluding hydrogens is 226 g/mol. The maximum absolute atomic E-state index is 3.59. The molecule has 1 nitrogen and oxygen atoms in total. The Labute approximate surface area is 86.7 Å². The van der Waals surface area contributed by atoms with E-state index in [4.69, 9.17) is 0 Å². The highest BCUT2D eigenvalue weighted by molar-refractivity contribution is 9.10. The lowest BCUT2D eigenvalue weighted by atomic mass is 9.98. The largest absolute Gasteiger partial charge is 0.385 e. The molecule has 68 valence electrons. The van der Waals surface area contributed by atoms with Gasteiger partial charge in [-0.25, -0.2) is 0 Å². The van der Waals surface area contributed by atoms with Crippen LogP contribution >= 0.6 is 15.9 Å². The van der Waals surface area contributed by atoms with Gasteiger partial charge >= 0.3 is 0 Å². The van der Waals surface area contributed by atoms with Crippen molar-refractivity contribution < 1.29 is 0 Å². The molecule has 1 saturated carbocycles. The van der Waals surface area contributed by atoms with Gasteiger partial charge in [0.05, 0.1) is 0 Å². The molecule has 3 rings (SSSR count). The van der Waals surface area contributed by atoms with E-state index in [9.17, 15) is 0 Å². The van der Waals surface area contributed by atoms with E-state index in [1.165, 1.54) is 28.7 Å². The molecule has 0 spiro atoms. The summed E-state index contributed by atoms with van der Waals surface area (Å²) >= 11 is 3.59. The van der Waals surface area contributed by atoms with Crippen LogP contribution in [0.2, 0.25) is 0 Å². The Morgan fingerprint density at radius 1 is 1.46 bits per heavy atom. The molecule has 2 unspecified atom stereocenters. The van der Waals surface area contributed by atoms with E-state index in [1.807, 2.05) is 0 Å². The Kier molecular flexibility index (Phi) is 1.51. The summed E-state index contributed by atoms with van der Waals surface area (Å²) in [6.07, 6.45) is 1.39. The molecule has 2 heteroatoms. The van der Waals surface area contributed by atoms with Crippen molar-refractivity contribution in [1.29, 1.82) is 0 Å². The molecule has 1 heterocycles. The molecular formula is C11H12BrN. The molecule has 1 aromatic carbocycles. The first-order valence-electron chi connectivity index (χ1n) is 4.80. The van der Waals surface area contributed by atoms with E-state index in [1.54, 1.807) is 5.56 Å². The van der Waals surface area contributed by atoms with Crippen molar-refractivity contribution in [1.82, 2.24) is 0 Å². The van der Waals surface area contributed by atoms with Crippen LogP contribution in [0, 0.1) is 12.8 Å². The van der Waals surface area contributed by atoms with Crippen molar-refractivity contribution in [3.05, 3.63) is 27.7 Å². The molecule has 1 aliphatic carbocycles. The third-order valence-electron chi connectivity index (χ3n) is 3.30. The number of halogens is 1. The molecule has 1 aromatic rings. The van der Waals surface area contributed by atoms with E-state index in [-0.39, 0.29) is 0 Å². The average Bonchev–Trinajstić information content (AvgIpc) is 2.89. The number of rotatable bonds is 0. The molecule has 2 aliphatic rings. The molecule has 0 amide bonds. The second kappa shape index (κ2) is 2.50. The van der Waals surface area contributed by atoms with Gasteiger partial charge in [0.2, 0.25) is 0 Å². The summed E-state index contributed by atoms with van der Waals surface area (Å²) in [6.45, 7) is 3.39. The highest BCUT2D eigenvalue weighted by Gasteiger charge is 2.43. The van der Waals surface area contributed by atoms with Gasteiger partial charge in [0.25, 0.3) is 0 Å². The first kappa shape index (κ1) is 7.86. The fourth-order valence-corrected chi connectivity index (χ4v) is 2.75. The van der Waals surface area contributed by atoms with Gasteiger partial charge in [-0.05, 0) is 48.4 Å². The summed E-state index contributed by atoms with van der Waals surface area (Å²) in [6, 6.07) is 4.34. The first-order chi connectivity index (χ1) is 6.27. The molecule has 2 atom stereocenters. The topological polar surface area (TPSA) is 12.0 Å². The van der Waals surface area contributed by atoms with Crippen molar-refractivity contribution in [3.8, 4) is 0 Å². The zero-order valence-corrected chi connectivity index (χ0v) is 9.19. The Balaban J connectivity index is 2.21. The van der Waals surface area contributed by atoms with Crippen LogP contribution in [0.25, 0.3) is 0 Å². The Hall–Kier alpha value is -0.500. The van der Waals surface area contributed by atoms with Crippen LogP contribution in [0.5, 0.6) is 0 Å². The normalized spacial score (nSPS) is 28.8. The van der Waals surface area contributed by atoms with Gasteiger partial charge < -0.3 is 5.32 Å². The Morgan fingerprint density at radius 2 is 2.31 bits per heavy atom. The van der Waals surface area contributed by atoms with Crippen molar-refractivity contribution in [2.24, 2.45) is 5.92 Å². The minimum absolute atomic E-state index is 0.855. The molecule has 1 N–H and O–H groups in total. The van der Waals surface area contributed by atoms with Gasteiger partial charge in [-0.2, -0.15) is 0 Å². The van der Waals surface area contributed by atoms with Gasteiger partial charge in [0.1, 0.15) is 0 Å². The van der Waals surface area contributed by atoms with Crippen LogP contribution in [0.3, 0.4) is 0 Å². The van der Waals surface area contributed by atoms with Crippen molar-refractivity contribution in [2.75, 3.05) is 11.9 Å². The summed E-state index contributed by atoms with van der Waals surface area (Å²) in [7, 11) is 0. The van der Waals surface area contributed by atoms with E-state index in [2.05, 4.69) is 40.3 Å². The lowest BCUT2D eigenvalue weighted by Crippen LogP contribution is -2.12. The van der Waals surface area contributed by atoms with Gasteiger partial charge in [-0.1, -0.05) is 15.9 Å². The summed E-state index contributed by atoms with van der Waals surface area (Å²) < 4.78 is 1.25. The van der Waals surface area contributed by atoms with E-state index >= 15 is 0 Å². The van der Waals surface area contributed by atoms with Crippen LogP contribution in [0.4, 0.5) is 5.69 Å². The lowest BCUT2D eigenvalue weighted by Gasteiger charge is -2.20. The Bertz CT molecular complexity index is 373. The quantitative estimate of drug-likeness (QED) is 0.731. The Morgan fingerprint density at radius 3 is 3.15 bits per heavy atom. The van der Waals surface area contributed by atoms with E-state index < -0.39 is 0 Å². The van der Waals surface area contributed by atoms with Gasteiger partial charge in [0.15, 0.2) is 0 Å². The lowest BCUT2D eigenvalue weighted by molar-refractivity contribution is 0.812. The maximum atomic E-state index is 3.59. The van der Waals surface area contributed by atoms with E-state index in [0.717, 1.165) is 11.8 Å². The summed E-state index contributed by atoms with van der Waals surface area (Å²) in [5, 5.41) is 3.50. The van der Waals surface area contributed by atoms with Gasteiger partial charge in [-0.3, -0.25) is 0 Å². The third-order valence-corrected chi connectivity index (χ3v) is 4.16. The monoisotopic (exact) mass is 237 g/mol. The first-order valence-corrected chi connectivity index (χ1v) is 5.59. The summed E-state index contributed by atoms with van der Waals surface area (Å²) in [4.78, 5) is 0. The molecule has 1 fully saturated rings. The number of fused-ring (bicyclic) bond motifs is 3. The molecule has 1 aliphatic heterocycles. The molecule has 13 heavy (non-hydrogen) atoms. The smallest absolute Gasteiger partial charge is 0.0379 e. The summed E-state index contributed by atoms with van der Waals surface area (Å²) in [5.41, 5.74) is 4.35. The summed E-state index contributed by atoms with van der Waals surface area (Å²) in [5.74, 6) is 1.77. The van der Waals surface area contributed by atoms with Crippen LogP contribution in [0.1, 0.15) is 23.5 Å². The number of hydrogen-bond acceptors (Lipinski definition) is 1. The fourth-order valence-electron chi connectivity index (χ4n) is 2.40. The SMILES string of the molecule is Cc1c(Br)ccc2c1C1CC1CN2. The molecule has 0 radical (unpaired) electrons. The van der Waals surface area contributed by atoms with Crippen molar-refractivity contribution in [2.45, 2.75) is 19.3 Å². The zero-order chi connectivity index (χ0) is 9.00. The number of anilines is 1. The average molecular weight is 238 g/mol. The second-order valence-electron chi connectivity index (χ2n) is 4.12. The van der Waals surface area contributed by atoms with Crippen LogP contribution in [0.15, 0.2) is 16.6 Å². The fraction of sp³-hybridized carbons (Fsp3) is 0.455. The van der Waals surface area contributed by atoms with Crippen molar-refractivity contribution in [3.63, 3.8) is 0 Å². The van der Waals surface area contributed by atoms with E-state index in [0.29, 0.717) is 0 Å². The van der Waals surface area contributed by atoms with Crippen molar-refractivity contribution >= 4 is 21.6 Å². The van der Waals surface area contributed by atoms with Gasteiger partial charge in [-0.15, -0.1) is 0 Å². The number of nitrogens with one attached hydrogen (secondary N) is 1. The number of benzene rings is 1. The highest BCUT2D eigenvalue weighted by Crippen LogP contribution is 2.54. The minimum atomic E-state index is 0.855. The van der Waals surface area contributed by atoms with Crippen LogP contribution < -0.4 is 5.32 Å². The highest BCUT2D eigenvalue weighted by atomic mass is 79.9. The second-order valence-corrected chi connectivity index (χ2v) is 4.97. The molecule has 0 aromatic heterocycles. The predicted molar refractivity (Wildman–Crippen MR) is 58.2 cm³/mol. The number of hydrogen-bond donors (Lipinski definition) is 1. The standard InChI is InChI=1S/C11H12BrN/c1-6-9(12)2-3-10-11(6)8-4-7(8)5-13-10/h2-3,7-8,13H,4-5H2,1H3. The maximum Gasteiger partial charge on any atom is 0.0379 e. The van der Waals surface area contributed by atoms with Crippen LogP contribution in [-0.2, 0) is 0 Å².